The summed E-state index contributed by atoms with van der Waals surface area (Å²) in [6, 6.07) is 3.43. The van der Waals surface area contributed by atoms with Gasteiger partial charge in [0.25, 0.3) is 5.91 Å². The zero-order valence-electron chi connectivity index (χ0n) is 17.5. The number of hydrogen-bond acceptors (Lipinski definition) is 7. The lowest BCUT2D eigenvalue weighted by Crippen LogP contribution is -2.39. The Labute approximate surface area is 188 Å². The minimum atomic E-state index is -4.64. The molecule has 0 spiro atoms. The van der Waals surface area contributed by atoms with Gasteiger partial charge in [0.05, 0.1) is 55.1 Å². The summed E-state index contributed by atoms with van der Waals surface area (Å²) in [7, 11) is 1.19. The molecule has 1 aliphatic heterocycles. The van der Waals surface area contributed by atoms with E-state index >= 15 is 0 Å². The van der Waals surface area contributed by atoms with Gasteiger partial charge in [-0.25, -0.2) is 24.4 Å². The summed E-state index contributed by atoms with van der Waals surface area (Å²) < 4.78 is 61.1. The first-order valence-electron chi connectivity index (χ1n) is 9.92. The SMILES string of the molecule is CON(C(=O)c1cc2c(cc1F)nc(N)c1cncn12)C1COCc2nc(C(F)(F)F)ccc21. The van der Waals surface area contributed by atoms with Gasteiger partial charge in [0, 0.05) is 11.6 Å². The lowest BCUT2D eigenvalue weighted by atomic mass is 10.0. The number of hydroxylamine groups is 2. The number of carbonyl (C=O) groups excluding carboxylic acids is 1. The van der Waals surface area contributed by atoms with Crippen LogP contribution in [-0.4, -0.2) is 44.0 Å². The first-order valence-corrected chi connectivity index (χ1v) is 9.92. The van der Waals surface area contributed by atoms with Crippen LogP contribution in [-0.2, 0) is 22.4 Å². The predicted octanol–water partition coefficient (Wildman–Crippen LogP) is 3.29. The van der Waals surface area contributed by atoms with Crippen molar-refractivity contribution in [1.82, 2.24) is 24.4 Å². The number of carbonyl (C=O) groups is 1. The molecule has 1 aromatic carbocycles. The normalized spacial score (nSPS) is 16.1. The summed E-state index contributed by atoms with van der Waals surface area (Å²) >= 11 is 0. The third kappa shape index (κ3) is 3.49. The van der Waals surface area contributed by atoms with Crippen molar-refractivity contribution in [1.29, 1.82) is 0 Å². The molecular formula is C21H16F4N6O3. The Morgan fingerprint density at radius 2 is 2.06 bits per heavy atom. The number of imidazole rings is 1. The molecular weight excluding hydrogens is 460 g/mol. The van der Waals surface area contributed by atoms with Gasteiger partial charge in [0.1, 0.15) is 28.9 Å². The van der Waals surface area contributed by atoms with Crippen LogP contribution in [0.25, 0.3) is 16.6 Å². The number of aromatic nitrogens is 4. The molecule has 4 aromatic rings. The third-order valence-corrected chi connectivity index (χ3v) is 5.55. The molecule has 34 heavy (non-hydrogen) atoms. The van der Waals surface area contributed by atoms with E-state index in [4.69, 9.17) is 15.3 Å². The molecule has 0 radical (unpaired) electrons. The van der Waals surface area contributed by atoms with Crippen LogP contribution in [0.3, 0.4) is 0 Å². The number of pyridine rings is 1. The lowest BCUT2D eigenvalue weighted by Gasteiger charge is -2.33. The van der Waals surface area contributed by atoms with E-state index < -0.39 is 29.6 Å². The van der Waals surface area contributed by atoms with Gasteiger partial charge in [-0.05, 0) is 12.1 Å². The summed E-state index contributed by atoms with van der Waals surface area (Å²) in [4.78, 5) is 30.4. The van der Waals surface area contributed by atoms with Crippen LogP contribution in [0.5, 0.6) is 0 Å². The van der Waals surface area contributed by atoms with Crippen LogP contribution >= 0.6 is 0 Å². The smallest absolute Gasteiger partial charge is 0.382 e. The number of fused-ring (bicyclic) bond motifs is 4. The minimum Gasteiger partial charge on any atom is -0.382 e. The molecule has 9 nitrogen and oxygen atoms in total. The maximum atomic E-state index is 15.0. The molecule has 1 amide bonds. The molecule has 4 heterocycles. The van der Waals surface area contributed by atoms with E-state index in [9.17, 15) is 22.4 Å². The number of halogens is 4. The van der Waals surface area contributed by atoms with E-state index in [2.05, 4.69) is 15.0 Å². The molecule has 0 saturated carbocycles. The van der Waals surface area contributed by atoms with Crippen molar-refractivity contribution in [3.05, 3.63) is 65.1 Å². The second-order valence-corrected chi connectivity index (χ2v) is 7.54. The lowest BCUT2D eigenvalue weighted by molar-refractivity contribution is -0.147. The standard InChI is InChI=1S/C21H16F4N6O3/c1-33-31(17-8-34-7-14-10(17)2-3-18(28-14)21(23,24)25)20(32)11-4-15-13(5-12(11)22)29-19(26)16-6-27-9-30(15)16/h2-6,9,17H,7-8H2,1H3,(H2,26,29). The number of amides is 1. The van der Waals surface area contributed by atoms with Gasteiger partial charge in [-0.3, -0.25) is 14.0 Å². The number of alkyl halides is 3. The Kier molecular flexibility index (Phi) is 5.10. The first-order chi connectivity index (χ1) is 16.2. The molecule has 13 heteroatoms. The Morgan fingerprint density at radius 3 is 2.79 bits per heavy atom. The molecule has 1 atom stereocenters. The highest BCUT2D eigenvalue weighted by Crippen LogP contribution is 2.34. The van der Waals surface area contributed by atoms with E-state index in [1.165, 1.54) is 31.8 Å². The van der Waals surface area contributed by atoms with E-state index in [0.717, 1.165) is 17.2 Å². The van der Waals surface area contributed by atoms with Crippen LogP contribution in [0, 0.1) is 5.82 Å². The van der Waals surface area contributed by atoms with Crippen LogP contribution in [0.4, 0.5) is 23.4 Å². The van der Waals surface area contributed by atoms with Gasteiger partial charge in [-0.1, -0.05) is 6.07 Å². The summed E-state index contributed by atoms with van der Waals surface area (Å²) in [5, 5.41) is 0.854. The quantitative estimate of drug-likeness (QED) is 0.357. The Hall–Kier alpha value is -3.84. The Bertz CT molecular complexity index is 1440. The van der Waals surface area contributed by atoms with E-state index in [1.54, 1.807) is 4.40 Å². The molecule has 2 N–H and O–H groups in total. The van der Waals surface area contributed by atoms with Gasteiger partial charge in [0.2, 0.25) is 0 Å². The molecule has 1 unspecified atom stereocenters. The minimum absolute atomic E-state index is 0.0136. The van der Waals surface area contributed by atoms with Crippen molar-refractivity contribution in [2.24, 2.45) is 0 Å². The second kappa shape index (κ2) is 7.88. The zero-order chi connectivity index (χ0) is 24.2. The number of benzene rings is 1. The highest BCUT2D eigenvalue weighted by atomic mass is 19.4. The van der Waals surface area contributed by atoms with Gasteiger partial charge in [0.15, 0.2) is 0 Å². The van der Waals surface area contributed by atoms with Crippen molar-refractivity contribution >= 4 is 28.3 Å². The molecule has 0 saturated heterocycles. The predicted molar refractivity (Wildman–Crippen MR) is 110 cm³/mol. The van der Waals surface area contributed by atoms with Crippen LogP contribution in [0.2, 0.25) is 0 Å². The highest BCUT2D eigenvalue weighted by molar-refractivity contribution is 5.98. The summed E-state index contributed by atoms with van der Waals surface area (Å²) in [5.74, 6) is -1.61. The highest BCUT2D eigenvalue weighted by Gasteiger charge is 2.37. The number of anilines is 1. The van der Waals surface area contributed by atoms with Crippen LogP contribution < -0.4 is 5.73 Å². The van der Waals surface area contributed by atoms with E-state index in [0.29, 0.717) is 16.6 Å². The topological polar surface area (TPSA) is 108 Å². The average Bonchev–Trinajstić information content (AvgIpc) is 3.29. The van der Waals surface area contributed by atoms with Crippen molar-refractivity contribution < 1.29 is 31.9 Å². The van der Waals surface area contributed by atoms with Gasteiger partial charge < -0.3 is 10.5 Å². The van der Waals surface area contributed by atoms with E-state index in [-0.39, 0.29) is 35.8 Å². The fourth-order valence-electron chi connectivity index (χ4n) is 3.97. The largest absolute Gasteiger partial charge is 0.433 e. The third-order valence-electron chi connectivity index (χ3n) is 5.55. The van der Waals surface area contributed by atoms with Crippen LogP contribution in [0.15, 0.2) is 36.8 Å². The summed E-state index contributed by atoms with van der Waals surface area (Å²) in [6.45, 7) is -0.254. The Morgan fingerprint density at radius 1 is 1.26 bits per heavy atom. The summed E-state index contributed by atoms with van der Waals surface area (Å²) in [5.41, 5.74) is 5.83. The maximum absolute atomic E-state index is 15.0. The first kappa shape index (κ1) is 22.0. The number of ether oxygens (including phenoxy) is 1. The van der Waals surface area contributed by atoms with Crippen molar-refractivity contribution in [3.63, 3.8) is 0 Å². The number of nitrogens with zero attached hydrogens (tertiary/aromatic N) is 5. The second-order valence-electron chi connectivity index (χ2n) is 7.54. The van der Waals surface area contributed by atoms with Gasteiger partial charge in [-0.15, -0.1) is 0 Å². The number of rotatable bonds is 3. The number of hydrogen-bond donors (Lipinski definition) is 1. The molecule has 176 valence electrons. The molecule has 3 aromatic heterocycles. The molecule has 0 aliphatic carbocycles. The van der Waals surface area contributed by atoms with Gasteiger partial charge >= 0.3 is 6.18 Å². The fourth-order valence-corrected chi connectivity index (χ4v) is 3.97. The summed E-state index contributed by atoms with van der Waals surface area (Å²) in [6.07, 6.45) is -1.71. The fraction of sp³-hybridized carbons (Fsp3) is 0.238. The zero-order valence-corrected chi connectivity index (χ0v) is 17.5. The number of nitrogens with two attached hydrogens (primary N) is 1. The van der Waals surface area contributed by atoms with Crippen LogP contribution in [0.1, 0.15) is 33.4 Å². The Balaban J connectivity index is 1.57. The van der Waals surface area contributed by atoms with E-state index in [1.807, 2.05) is 0 Å². The molecule has 0 fully saturated rings. The molecule has 1 aliphatic rings. The van der Waals surface area contributed by atoms with Crippen molar-refractivity contribution in [2.75, 3.05) is 19.5 Å². The number of nitrogen functional groups attached to an aromatic ring is 1. The molecule has 0 bridgehead atoms. The average molecular weight is 476 g/mol. The van der Waals surface area contributed by atoms with Gasteiger partial charge in [-0.2, -0.15) is 13.2 Å². The van der Waals surface area contributed by atoms with Crippen molar-refractivity contribution in [3.8, 4) is 0 Å². The molecule has 5 rings (SSSR count). The maximum Gasteiger partial charge on any atom is 0.433 e. The monoisotopic (exact) mass is 476 g/mol. The van der Waals surface area contributed by atoms with Crippen molar-refractivity contribution in [2.45, 2.75) is 18.8 Å².